The quantitative estimate of drug-likeness (QED) is 0.886. The number of carbonyl (C=O) groups is 1. The molecule has 0 aliphatic heterocycles. The average Bonchev–Trinajstić information content (AvgIpc) is 3.09. The van der Waals surface area contributed by atoms with Gasteiger partial charge in [-0.1, -0.05) is 12.5 Å². The third-order valence-electron chi connectivity index (χ3n) is 5.55. The van der Waals surface area contributed by atoms with Crippen molar-refractivity contribution in [1.82, 2.24) is 5.32 Å². The first-order valence-corrected chi connectivity index (χ1v) is 10.4. The van der Waals surface area contributed by atoms with E-state index in [4.69, 9.17) is 0 Å². The first-order chi connectivity index (χ1) is 11.2. The molecule has 0 spiro atoms. The van der Waals surface area contributed by atoms with Crippen LogP contribution >= 0.6 is 0 Å². The van der Waals surface area contributed by atoms with Gasteiger partial charge in [-0.25, -0.2) is 8.42 Å². The van der Waals surface area contributed by atoms with Crippen molar-refractivity contribution in [3.05, 3.63) is 29.3 Å². The van der Waals surface area contributed by atoms with Gasteiger partial charge in [0.2, 0.25) is 15.9 Å². The van der Waals surface area contributed by atoms with E-state index in [0.717, 1.165) is 29.7 Å². The number of hydrogen-bond donors (Lipinski definition) is 1. The molecule has 2 fully saturated rings. The molecule has 1 aromatic rings. The van der Waals surface area contributed by atoms with Crippen LogP contribution in [0, 0.1) is 25.7 Å². The van der Waals surface area contributed by atoms with Gasteiger partial charge in [0.05, 0.1) is 11.9 Å². The minimum Gasteiger partial charge on any atom is -0.352 e. The molecule has 2 aliphatic carbocycles. The molecule has 0 unspecified atom stereocenters. The van der Waals surface area contributed by atoms with Crippen LogP contribution in [0.15, 0.2) is 18.2 Å². The lowest BCUT2D eigenvalue weighted by atomic mass is 9.95. The number of benzene rings is 1. The molecule has 0 aromatic heterocycles. The minimum absolute atomic E-state index is 0.158. The number of sulfonamides is 1. The predicted octanol–water partition coefficient (Wildman–Crippen LogP) is 2.37. The van der Waals surface area contributed by atoms with E-state index in [1.165, 1.54) is 23.6 Å². The van der Waals surface area contributed by atoms with Gasteiger partial charge in [-0.05, 0) is 68.2 Å². The summed E-state index contributed by atoms with van der Waals surface area (Å²) in [5, 5.41) is 3.06. The van der Waals surface area contributed by atoms with Crippen LogP contribution in [0.1, 0.15) is 36.8 Å². The third kappa shape index (κ3) is 3.58. The summed E-state index contributed by atoms with van der Waals surface area (Å²) in [6, 6.07) is 5.68. The normalized spacial score (nSPS) is 25.7. The maximum absolute atomic E-state index is 12.4. The van der Waals surface area contributed by atoms with Crippen LogP contribution in [0.2, 0.25) is 0 Å². The van der Waals surface area contributed by atoms with Crippen LogP contribution in [0.3, 0.4) is 0 Å². The molecule has 0 saturated heterocycles. The number of aryl methyl sites for hydroxylation is 2. The minimum atomic E-state index is -3.51. The number of anilines is 1. The standard InChI is InChI=1S/C18H26N2O3S/c1-12-4-7-16(8-13(12)2)20(24(3,22)23)11-18(21)19-17-10-14-5-6-15(17)9-14/h4,7-8,14-15,17H,5-6,9-11H2,1-3H3,(H,19,21)/t14-,15-,17-/m0/s1. The molecule has 3 atom stereocenters. The highest BCUT2D eigenvalue weighted by Gasteiger charge is 2.40. The van der Waals surface area contributed by atoms with E-state index in [2.05, 4.69) is 5.32 Å². The zero-order valence-electron chi connectivity index (χ0n) is 14.6. The molecule has 2 aliphatic rings. The monoisotopic (exact) mass is 350 g/mol. The zero-order chi connectivity index (χ0) is 17.5. The lowest BCUT2D eigenvalue weighted by Gasteiger charge is -2.26. The van der Waals surface area contributed by atoms with Crippen molar-refractivity contribution >= 4 is 21.6 Å². The van der Waals surface area contributed by atoms with E-state index < -0.39 is 10.0 Å². The van der Waals surface area contributed by atoms with E-state index in [1.807, 2.05) is 26.0 Å². The number of carbonyl (C=O) groups excluding carboxylic acids is 1. The van der Waals surface area contributed by atoms with Gasteiger partial charge >= 0.3 is 0 Å². The topological polar surface area (TPSA) is 66.5 Å². The fourth-order valence-electron chi connectivity index (χ4n) is 4.09. The van der Waals surface area contributed by atoms with Gasteiger partial charge in [-0.2, -0.15) is 0 Å². The molecule has 1 amide bonds. The Morgan fingerprint density at radius 3 is 2.50 bits per heavy atom. The maximum Gasteiger partial charge on any atom is 0.241 e. The largest absolute Gasteiger partial charge is 0.352 e. The van der Waals surface area contributed by atoms with Crippen LogP contribution < -0.4 is 9.62 Å². The third-order valence-corrected chi connectivity index (χ3v) is 6.69. The molecule has 3 rings (SSSR count). The Balaban J connectivity index is 1.72. The number of hydrogen-bond acceptors (Lipinski definition) is 3. The summed E-state index contributed by atoms with van der Waals surface area (Å²) in [4.78, 5) is 12.4. The summed E-state index contributed by atoms with van der Waals surface area (Å²) < 4.78 is 25.5. The van der Waals surface area contributed by atoms with E-state index in [1.54, 1.807) is 6.07 Å². The van der Waals surface area contributed by atoms with Crippen molar-refractivity contribution < 1.29 is 13.2 Å². The van der Waals surface area contributed by atoms with Crippen LogP contribution in [-0.4, -0.2) is 33.2 Å². The van der Waals surface area contributed by atoms with Crippen molar-refractivity contribution in [3.63, 3.8) is 0 Å². The Kier molecular flexibility index (Phi) is 4.60. The summed E-state index contributed by atoms with van der Waals surface area (Å²) in [5.74, 6) is 1.11. The van der Waals surface area contributed by atoms with Crippen LogP contribution in [0.25, 0.3) is 0 Å². The first kappa shape index (κ1) is 17.3. The zero-order valence-corrected chi connectivity index (χ0v) is 15.4. The van der Waals surface area contributed by atoms with E-state index in [-0.39, 0.29) is 18.5 Å². The maximum atomic E-state index is 12.4. The highest BCUT2D eigenvalue weighted by molar-refractivity contribution is 7.92. The Labute approximate surface area is 144 Å². The second-order valence-electron chi connectivity index (χ2n) is 7.39. The van der Waals surface area contributed by atoms with Crippen LogP contribution in [0.5, 0.6) is 0 Å². The van der Waals surface area contributed by atoms with Gasteiger partial charge in [0, 0.05) is 6.04 Å². The summed E-state index contributed by atoms with van der Waals surface area (Å²) in [7, 11) is -3.51. The number of nitrogens with zero attached hydrogens (tertiary/aromatic N) is 1. The van der Waals surface area contributed by atoms with Crippen LogP contribution in [-0.2, 0) is 14.8 Å². The predicted molar refractivity (Wildman–Crippen MR) is 95.5 cm³/mol. The Morgan fingerprint density at radius 1 is 1.21 bits per heavy atom. The molecule has 5 nitrogen and oxygen atoms in total. The van der Waals surface area contributed by atoms with Crippen molar-refractivity contribution in [1.29, 1.82) is 0 Å². The molecule has 1 aromatic carbocycles. The number of amides is 1. The fourth-order valence-corrected chi connectivity index (χ4v) is 4.93. The Morgan fingerprint density at radius 2 is 1.96 bits per heavy atom. The first-order valence-electron chi connectivity index (χ1n) is 8.58. The molecule has 132 valence electrons. The molecule has 24 heavy (non-hydrogen) atoms. The van der Waals surface area contributed by atoms with E-state index >= 15 is 0 Å². The van der Waals surface area contributed by atoms with Crippen LogP contribution in [0.4, 0.5) is 5.69 Å². The second-order valence-corrected chi connectivity index (χ2v) is 9.29. The molecule has 1 N–H and O–H groups in total. The highest BCUT2D eigenvalue weighted by Crippen LogP contribution is 2.44. The number of nitrogens with one attached hydrogen (secondary N) is 1. The summed E-state index contributed by atoms with van der Waals surface area (Å²) in [6.07, 6.45) is 5.85. The van der Waals surface area contributed by atoms with Gasteiger partial charge < -0.3 is 5.32 Å². The Bertz CT molecular complexity index is 745. The van der Waals surface area contributed by atoms with Gasteiger partial charge in [-0.15, -0.1) is 0 Å². The highest BCUT2D eigenvalue weighted by atomic mass is 32.2. The van der Waals surface area contributed by atoms with Crippen molar-refractivity contribution in [3.8, 4) is 0 Å². The fraction of sp³-hybridized carbons (Fsp3) is 0.611. The average molecular weight is 350 g/mol. The molecular weight excluding hydrogens is 324 g/mol. The molecule has 0 heterocycles. The lowest BCUT2D eigenvalue weighted by Crippen LogP contribution is -2.45. The lowest BCUT2D eigenvalue weighted by molar-refractivity contribution is -0.120. The van der Waals surface area contributed by atoms with Crippen molar-refractivity contribution in [2.45, 2.75) is 45.6 Å². The van der Waals surface area contributed by atoms with Gasteiger partial charge in [0.25, 0.3) is 0 Å². The molecule has 6 heteroatoms. The van der Waals surface area contributed by atoms with Crippen molar-refractivity contribution in [2.75, 3.05) is 17.1 Å². The van der Waals surface area contributed by atoms with E-state index in [9.17, 15) is 13.2 Å². The number of fused-ring (bicyclic) bond motifs is 2. The summed E-state index contributed by atoms with van der Waals surface area (Å²) >= 11 is 0. The molecule has 0 radical (unpaired) electrons. The van der Waals surface area contributed by atoms with Gasteiger partial charge in [-0.3, -0.25) is 9.10 Å². The smallest absolute Gasteiger partial charge is 0.241 e. The van der Waals surface area contributed by atoms with Crippen molar-refractivity contribution in [2.24, 2.45) is 11.8 Å². The van der Waals surface area contributed by atoms with Gasteiger partial charge in [0.15, 0.2) is 0 Å². The number of rotatable bonds is 5. The summed E-state index contributed by atoms with van der Waals surface area (Å²) in [6.45, 7) is 3.76. The van der Waals surface area contributed by atoms with E-state index in [0.29, 0.717) is 11.6 Å². The molecular formula is C18H26N2O3S. The molecule has 2 saturated carbocycles. The van der Waals surface area contributed by atoms with Gasteiger partial charge in [0.1, 0.15) is 6.54 Å². The SMILES string of the molecule is Cc1ccc(N(CC(=O)N[C@H]2C[C@H]3CC[C@H]2C3)S(C)(=O)=O)cc1C. The summed E-state index contributed by atoms with van der Waals surface area (Å²) in [5.41, 5.74) is 2.65. The second kappa shape index (κ2) is 6.39. The molecule has 2 bridgehead atoms. The Hall–Kier alpha value is -1.56.